The fourth-order valence-corrected chi connectivity index (χ4v) is 1.87. The van der Waals surface area contributed by atoms with Gasteiger partial charge >= 0.3 is 0 Å². The number of rotatable bonds is 1. The van der Waals surface area contributed by atoms with E-state index in [4.69, 9.17) is 5.41 Å². The summed E-state index contributed by atoms with van der Waals surface area (Å²) in [6, 6.07) is 5.22. The monoisotopic (exact) mass is 177 g/mol. The molecule has 1 heterocycles. The Bertz CT molecular complexity index is 435. The quantitative estimate of drug-likeness (QED) is 0.521. The number of nitrogens with zero attached hydrogens (tertiary/aromatic N) is 1. The molecule has 0 aliphatic rings. The van der Waals surface area contributed by atoms with Crippen LogP contribution in [-0.4, -0.2) is 10.9 Å². The molecule has 1 aromatic heterocycles. The number of hydrogen-bond donors (Lipinski definition) is 1. The van der Waals surface area contributed by atoms with Gasteiger partial charge in [0.1, 0.15) is 0 Å². The van der Waals surface area contributed by atoms with E-state index in [1.165, 1.54) is 11.3 Å². The summed E-state index contributed by atoms with van der Waals surface area (Å²) in [5.74, 6) is -0.648. The highest BCUT2D eigenvalue weighted by atomic mass is 32.1. The van der Waals surface area contributed by atoms with Crippen molar-refractivity contribution in [3.63, 3.8) is 0 Å². The number of fused-ring (bicyclic) bond motifs is 1. The van der Waals surface area contributed by atoms with E-state index >= 15 is 0 Å². The molecule has 0 saturated heterocycles. The number of nitrogens with one attached hydrogen (secondary N) is 1. The molecule has 1 aromatic carbocycles. The Morgan fingerprint density at radius 2 is 2.33 bits per heavy atom. The third kappa shape index (κ3) is 0.967. The summed E-state index contributed by atoms with van der Waals surface area (Å²) in [6.07, 6.45) is 0. The third-order valence-corrected chi connectivity index (χ3v) is 2.48. The first-order valence-electron chi connectivity index (χ1n) is 3.37. The zero-order valence-corrected chi connectivity index (χ0v) is 6.89. The van der Waals surface area contributed by atoms with E-state index in [-0.39, 0.29) is 0 Å². The maximum atomic E-state index is 10.8. The Balaban J connectivity index is 2.82. The smallest absolute Gasteiger partial charge is 0.0818 e. The van der Waals surface area contributed by atoms with Crippen LogP contribution in [0.3, 0.4) is 0 Å². The zero-order valence-electron chi connectivity index (χ0n) is 6.07. The van der Waals surface area contributed by atoms with Crippen molar-refractivity contribution in [1.29, 1.82) is 5.41 Å². The lowest BCUT2D eigenvalue weighted by molar-refractivity contribution is -0.214. The fraction of sp³-hybridized carbons (Fsp3) is 0. The van der Waals surface area contributed by atoms with Crippen LogP contribution >= 0.6 is 11.3 Å². The highest BCUT2D eigenvalue weighted by molar-refractivity contribution is 7.17. The minimum atomic E-state index is -0.648. The van der Waals surface area contributed by atoms with E-state index in [1.807, 2.05) is 6.07 Å². The molecule has 1 N–H and O–H groups in total. The lowest BCUT2D eigenvalue weighted by Gasteiger charge is -2.06. The number of aromatic nitrogens is 1. The molecule has 60 valence electrons. The van der Waals surface area contributed by atoms with Crippen molar-refractivity contribution >= 4 is 27.5 Å². The maximum absolute atomic E-state index is 10.8. The van der Waals surface area contributed by atoms with Crippen molar-refractivity contribution in [2.24, 2.45) is 0 Å². The van der Waals surface area contributed by atoms with E-state index in [1.54, 1.807) is 17.6 Å². The third-order valence-electron chi connectivity index (χ3n) is 1.60. The highest BCUT2D eigenvalue weighted by Crippen LogP contribution is 2.21. The van der Waals surface area contributed by atoms with Gasteiger partial charge in [0.2, 0.25) is 0 Å². The summed E-state index contributed by atoms with van der Waals surface area (Å²) >= 11 is 1.39. The standard InChI is InChI=1S/C8H6N2OS/c9-8(11)5-2-1-3-6-7(5)12-4-10-6/h1-4H,(H2,9,11)/p-1. The number of thiazole rings is 1. The molecule has 2 aromatic rings. The number of hydrogen-bond acceptors (Lipinski definition) is 4. The predicted octanol–water partition coefficient (Wildman–Crippen LogP) is 0.982. The maximum Gasteiger partial charge on any atom is 0.0818 e. The first-order chi connectivity index (χ1) is 5.79. The van der Waals surface area contributed by atoms with Gasteiger partial charge in [-0.2, -0.15) is 0 Å². The van der Waals surface area contributed by atoms with Gasteiger partial charge in [-0.3, -0.25) is 0 Å². The normalized spacial score (nSPS) is 10.3. The summed E-state index contributed by atoms with van der Waals surface area (Å²) < 4.78 is 0.803. The van der Waals surface area contributed by atoms with Gasteiger partial charge in [-0.05, 0) is 12.0 Å². The van der Waals surface area contributed by atoms with Crippen molar-refractivity contribution in [2.75, 3.05) is 0 Å². The second-order valence-electron chi connectivity index (χ2n) is 2.34. The van der Waals surface area contributed by atoms with E-state index in [0.29, 0.717) is 5.56 Å². The first kappa shape index (κ1) is 7.24. The average molecular weight is 177 g/mol. The van der Waals surface area contributed by atoms with E-state index in [0.717, 1.165) is 10.2 Å². The van der Waals surface area contributed by atoms with Gasteiger partial charge < -0.3 is 10.5 Å². The van der Waals surface area contributed by atoms with Crippen LogP contribution in [0.5, 0.6) is 0 Å². The van der Waals surface area contributed by atoms with Crippen molar-refractivity contribution < 1.29 is 5.11 Å². The molecule has 0 aliphatic carbocycles. The molecular formula is C8H5N2OS-. The average Bonchev–Trinajstić information content (AvgIpc) is 2.49. The minimum absolute atomic E-state index is 0.440. The summed E-state index contributed by atoms with van der Waals surface area (Å²) in [7, 11) is 0. The van der Waals surface area contributed by atoms with Gasteiger partial charge in [-0.15, -0.1) is 11.3 Å². The van der Waals surface area contributed by atoms with Crippen molar-refractivity contribution in [3.05, 3.63) is 29.3 Å². The molecule has 2 rings (SSSR count). The molecule has 4 heteroatoms. The molecule has 0 unspecified atom stereocenters. The Morgan fingerprint density at radius 3 is 3.08 bits per heavy atom. The number of benzene rings is 1. The van der Waals surface area contributed by atoms with Crippen LogP contribution in [-0.2, 0) is 0 Å². The van der Waals surface area contributed by atoms with Crippen molar-refractivity contribution in [3.8, 4) is 0 Å². The topological polar surface area (TPSA) is 59.8 Å². The predicted molar refractivity (Wildman–Crippen MR) is 46.4 cm³/mol. The van der Waals surface area contributed by atoms with Crippen molar-refractivity contribution in [2.45, 2.75) is 0 Å². The van der Waals surface area contributed by atoms with Gasteiger partial charge in [-0.1, -0.05) is 12.1 Å². The van der Waals surface area contributed by atoms with Crippen LogP contribution in [0, 0.1) is 5.41 Å². The lowest BCUT2D eigenvalue weighted by atomic mass is 10.2. The van der Waals surface area contributed by atoms with Crippen LogP contribution < -0.4 is 5.11 Å². The molecule has 0 atom stereocenters. The van der Waals surface area contributed by atoms with E-state index in [9.17, 15) is 5.11 Å². The minimum Gasteiger partial charge on any atom is -0.859 e. The molecule has 0 saturated carbocycles. The van der Waals surface area contributed by atoms with Crippen LogP contribution in [0.25, 0.3) is 10.2 Å². The summed E-state index contributed by atoms with van der Waals surface area (Å²) in [4.78, 5) is 4.04. The SMILES string of the molecule is N=C([O-])c1cccc2ncsc12. The fourth-order valence-electron chi connectivity index (χ4n) is 1.06. The second-order valence-corrected chi connectivity index (χ2v) is 3.19. The van der Waals surface area contributed by atoms with Crippen LogP contribution in [0.1, 0.15) is 5.56 Å². The largest absolute Gasteiger partial charge is 0.859 e. The summed E-state index contributed by atoms with van der Waals surface area (Å²) in [5.41, 5.74) is 2.91. The molecule has 0 radical (unpaired) electrons. The second kappa shape index (κ2) is 2.57. The molecule has 0 bridgehead atoms. The van der Waals surface area contributed by atoms with E-state index in [2.05, 4.69) is 4.98 Å². The lowest BCUT2D eigenvalue weighted by Crippen LogP contribution is -2.16. The Labute approximate surface area is 72.8 Å². The van der Waals surface area contributed by atoms with Crippen molar-refractivity contribution in [1.82, 2.24) is 4.98 Å². The van der Waals surface area contributed by atoms with E-state index < -0.39 is 5.90 Å². The van der Waals surface area contributed by atoms with Gasteiger partial charge in [0, 0.05) is 5.56 Å². The summed E-state index contributed by atoms with van der Waals surface area (Å²) in [5, 5.41) is 17.8. The molecule has 0 aliphatic heterocycles. The molecule has 12 heavy (non-hydrogen) atoms. The Hall–Kier alpha value is -1.42. The first-order valence-corrected chi connectivity index (χ1v) is 4.25. The van der Waals surface area contributed by atoms with Gasteiger partial charge in [-0.25, -0.2) is 4.98 Å². The van der Waals surface area contributed by atoms with Crippen LogP contribution in [0.4, 0.5) is 0 Å². The van der Waals surface area contributed by atoms with Crippen LogP contribution in [0.15, 0.2) is 23.7 Å². The van der Waals surface area contributed by atoms with Gasteiger partial charge in [0.05, 0.1) is 15.7 Å². The zero-order chi connectivity index (χ0) is 8.55. The van der Waals surface area contributed by atoms with Gasteiger partial charge in [0.25, 0.3) is 0 Å². The Kier molecular flexibility index (Phi) is 1.55. The van der Waals surface area contributed by atoms with Gasteiger partial charge in [0.15, 0.2) is 0 Å². The molecule has 0 amide bonds. The highest BCUT2D eigenvalue weighted by Gasteiger charge is 2.00. The van der Waals surface area contributed by atoms with Crippen LogP contribution in [0.2, 0.25) is 0 Å². The molecular weight excluding hydrogens is 172 g/mol. The molecule has 3 nitrogen and oxygen atoms in total. The molecule has 0 fully saturated rings. The molecule has 0 spiro atoms. The Morgan fingerprint density at radius 1 is 1.50 bits per heavy atom. The summed E-state index contributed by atoms with van der Waals surface area (Å²) in [6.45, 7) is 0.